The Hall–Kier alpha value is -1.17. The first-order valence-corrected chi connectivity index (χ1v) is 8.93. The summed E-state index contributed by atoms with van der Waals surface area (Å²) in [6.07, 6.45) is 6.20. The molecule has 2 rings (SSSR count). The van der Waals surface area contributed by atoms with Crippen LogP contribution in [0.5, 0.6) is 0 Å². The van der Waals surface area contributed by atoms with Gasteiger partial charge in [-0.15, -0.1) is 0 Å². The van der Waals surface area contributed by atoms with E-state index in [4.69, 9.17) is 5.11 Å². The van der Waals surface area contributed by atoms with Gasteiger partial charge < -0.3 is 20.4 Å². The monoisotopic (exact) mass is 338 g/mol. The summed E-state index contributed by atoms with van der Waals surface area (Å²) in [5.74, 6) is 0.00962. The van der Waals surface area contributed by atoms with Gasteiger partial charge in [-0.05, 0) is 49.0 Å². The number of hydrogen-bond acceptors (Lipinski definition) is 4. The molecule has 136 valence electrons. The topological polar surface area (TPSA) is 98.0 Å². The maximum atomic E-state index is 10.6. The van der Waals surface area contributed by atoms with Gasteiger partial charge in [-0.1, -0.05) is 32.1 Å². The van der Waals surface area contributed by atoms with Crippen molar-refractivity contribution in [3.8, 4) is 0 Å². The maximum Gasteiger partial charge on any atom is 0.305 e. The molecule has 0 amide bonds. The van der Waals surface area contributed by atoms with Gasteiger partial charge in [-0.3, -0.25) is 4.79 Å². The Morgan fingerprint density at radius 1 is 1.29 bits per heavy atom. The van der Waals surface area contributed by atoms with Gasteiger partial charge in [0.1, 0.15) is 0 Å². The van der Waals surface area contributed by atoms with Crippen molar-refractivity contribution in [2.24, 2.45) is 23.7 Å². The third-order valence-electron chi connectivity index (χ3n) is 5.41. The number of aliphatic hydroxyl groups is 3. The van der Waals surface area contributed by atoms with E-state index in [2.05, 4.69) is 32.1 Å². The summed E-state index contributed by atoms with van der Waals surface area (Å²) < 4.78 is 0. The van der Waals surface area contributed by atoms with Crippen molar-refractivity contribution in [1.82, 2.24) is 0 Å². The summed E-state index contributed by atoms with van der Waals surface area (Å²) in [6, 6.07) is 0. The van der Waals surface area contributed by atoms with E-state index < -0.39 is 18.2 Å². The minimum atomic E-state index is -1.06. The van der Waals surface area contributed by atoms with Crippen molar-refractivity contribution in [2.75, 3.05) is 0 Å². The molecular formula is C19H30O5. The lowest BCUT2D eigenvalue weighted by atomic mass is 9.65. The Bertz CT molecular complexity index is 498. The van der Waals surface area contributed by atoms with Crippen molar-refractivity contribution in [3.05, 3.63) is 23.8 Å². The first kappa shape index (κ1) is 19.2. The predicted molar refractivity (Wildman–Crippen MR) is 91.3 cm³/mol. The van der Waals surface area contributed by atoms with Gasteiger partial charge in [-0.25, -0.2) is 0 Å². The van der Waals surface area contributed by atoms with Gasteiger partial charge in [0, 0.05) is 5.92 Å². The van der Waals surface area contributed by atoms with Gasteiger partial charge >= 0.3 is 5.97 Å². The highest BCUT2D eigenvalue weighted by molar-refractivity contribution is 5.67. The Morgan fingerprint density at radius 3 is 2.67 bits per heavy atom. The van der Waals surface area contributed by atoms with Crippen molar-refractivity contribution in [1.29, 1.82) is 0 Å². The van der Waals surface area contributed by atoms with Crippen LogP contribution in [0.2, 0.25) is 0 Å². The van der Waals surface area contributed by atoms with Crippen LogP contribution >= 0.6 is 0 Å². The van der Waals surface area contributed by atoms with Crippen LogP contribution in [0.4, 0.5) is 0 Å². The number of allylic oxidation sites excluding steroid dienone is 3. The van der Waals surface area contributed by atoms with E-state index in [0.717, 1.165) is 12.8 Å². The van der Waals surface area contributed by atoms with Crippen LogP contribution in [0.3, 0.4) is 0 Å². The van der Waals surface area contributed by atoms with Crippen LogP contribution in [0.25, 0.3) is 0 Å². The molecule has 2 aliphatic rings. The van der Waals surface area contributed by atoms with E-state index in [0.29, 0.717) is 18.3 Å². The molecule has 0 aromatic heterocycles. The molecule has 2 aliphatic carbocycles. The molecule has 24 heavy (non-hydrogen) atoms. The molecule has 0 spiro atoms. The Labute approximate surface area is 143 Å². The second-order valence-electron chi connectivity index (χ2n) is 7.57. The molecule has 0 aromatic carbocycles. The molecule has 0 radical (unpaired) electrons. The molecule has 0 heterocycles. The van der Waals surface area contributed by atoms with Gasteiger partial charge in [0.25, 0.3) is 0 Å². The molecule has 4 N–H and O–H groups in total. The fourth-order valence-electron chi connectivity index (χ4n) is 4.23. The van der Waals surface area contributed by atoms with E-state index in [9.17, 15) is 20.1 Å². The van der Waals surface area contributed by atoms with Crippen molar-refractivity contribution in [3.63, 3.8) is 0 Å². The first-order chi connectivity index (χ1) is 11.3. The van der Waals surface area contributed by atoms with Crippen LogP contribution < -0.4 is 0 Å². The smallest absolute Gasteiger partial charge is 0.305 e. The van der Waals surface area contributed by atoms with Crippen LogP contribution in [0, 0.1) is 23.7 Å². The molecule has 0 fully saturated rings. The van der Waals surface area contributed by atoms with E-state index in [1.807, 2.05) is 0 Å². The second-order valence-corrected chi connectivity index (χ2v) is 7.57. The number of aliphatic hydroxyl groups excluding tert-OH is 3. The average Bonchev–Trinajstić information content (AvgIpc) is 2.45. The Balaban J connectivity index is 1.94. The molecule has 0 unspecified atom stereocenters. The lowest BCUT2D eigenvalue weighted by molar-refractivity contribution is -0.139. The normalized spacial score (nSPS) is 35.0. The van der Waals surface area contributed by atoms with Gasteiger partial charge in [0.15, 0.2) is 0 Å². The minimum absolute atomic E-state index is 0.0796. The van der Waals surface area contributed by atoms with E-state index >= 15 is 0 Å². The van der Waals surface area contributed by atoms with Crippen LogP contribution in [-0.2, 0) is 4.79 Å². The van der Waals surface area contributed by atoms with Crippen molar-refractivity contribution >= 4 is 5.97 Å². The largest absolute Gasteiger partial charge is 0.481 e. The third kappa shape index (κ3) is 4.91. The standard InChI is InChI=1S/C19H30O5/c1-11-7-13-4-3-12(2)16(19(13)17(22)8-11)6-5-14(20)9-15(21)10-18(23)24/h3-4,7,11-12,14-17,19-22H,5-6,8-10H2,1-2H3,(H,23,24)/t11-,12+,14+,15+,16-,17-,19-/m0/s1. The molecule has 7 atom stereocenters. The highest BCUT2D eigenvalue weighted by atomic mass is 16.4. The minimum Gasteiger partial charge on any atom is -0.481 e. The predicted octanol–water partition coefficient (Wildman–Crippen LogP) is 2.12. The second kappa shape index (κ2) is 8.28. The fraction of sp³-hybridized carbons (Fsp3) is 0.737. The zero-order valence-corrected chi connectivity index (χ0v) is 14.5. The Kier molecular flexibility index (Phi) is 6.61. The lowest BCUT2D eigenvalue weighted by Gasteiger charge is -2.41. The van der Waals surface area contributed by atoms with E-state index in [-0.39, 0.29) is 30.8 Å². The van der Waals surface area contributed by atoms with Gasteiger partial charge in [0.05, 0.1) is 24.7 Å². The Morgan fingerprint density at radius 2 is 2.00 bits per heavy atom. The van der Waals surface area contributed by atoms with E-state index in [1.54, 1.807) is 0 Å². The summed E-state index contributed by atoms with van der Waals surface area (Å²) in [7, 11) is 0. The SMILES string of the molecule is C[C@@H]1C=CC2=C[C@H](C)C[C@H](O)[C@@H]2[C@H]1CC[C@@H](O)C[C@@H](O)CC(=O)O. The number of fused-ring (bicyclic) bond motifs is 1. The molecule has 5 heteroatoms. The summed E-state index contributed by atoms with van der Waals surface area (Å²) >= 11 is 0. The molecule has 0 saturated carbocycles. The average molecular weight is 338 g/mol. The zero-order chi connectivity index (χ0) is 17.9. The highest BCUT2D eigenvalue weighted by Gasteiger charge is 2.38. The number of hydrogen-bond donors (Lipinski definition) is 4. The maximum absolute atomic E-state index is 10.6. The fourth-order valence-corrected chi connectivity index (χ4v) is 4.23. The molecule has 0 bridgehead atoms. The molecule has 5 nitrogen and oxygen atoms in total. The van der Waals surface area contributed by atoms with E-state index in [1.165, 1.54) is 5.57 Å². The van der Waals surface area contributed by atoms with Crippen LogP contribution in [0.1, 0.15) is 46.0 Å². The number of rotatable bonds is 7. The van der Waals surface area contributed by atoms with Crippen molar-refractivity contribution < 1.29 is 25.2 Å². The lowest BCUT2D eigenvalue weighted by Crippen LogP contribution is -2.38. The molecular weight excluding hydrogens is 308 g/mol. The summed E-state index contributed by atoms with van der Waals surface area (Å²) in [4.78, 5) is 10.6. The van der Waals surface area contributed by atoms with Gasteiger partial charge in [0.2, 0.25) is 0 Å². The molecule has 0 aliphatic heterocycles. The quantitative estimate of drug-likeness (QED) is 0.570. The van der Waals surface area contributed by atoms with Crippen molar-refractivity contribution in [2.45, 2.75) is 64.3 Å². The highest BCUT2D eigenvalue weighted by Crippen LogP contribution is 2.43. The van der Waals surface area contributed by atoms with Crippen LogP contribution in [0.15, 0.2) is 23.8 Å². The molecule has 0 saturated heterocycles. The third-order valence-corrected chi connectivity index (χ3v) is 5.41. The summed E-state index contributed by atoms with van der Waals surface area (Å²) in [5, 5.41) is 38.9. The number of carbonyl (C=O) groups is 1. The molecule has 0 aromatic rings. The first-order valence-electron chi connectivity index (χ1n) is 8.93. The van der Waals surface area contributed by atoms with Crippen LogP contribution in [-0.4, -0.2) is 44.7 Å². The number of aliphatic carboxylic acids is 1. The zero-order valence-electron chi connectivity index (χ0n) is 14.5. The van der Waals surface area contributed by atoms with Gasteiger partial charge in [-0.2, -0.15) is 0 Å². The number of carboxylic acid groups (broad SMARTS) is 1. The summed E-state index contributed by atoms with van der Waals surface area (Å²) in [6.45, 7) is 4.25. The number of carboxylic acids is 1. The summed E-state index contributed by atoms with van der Waals surface area (Å²) in [5.41, 5.74) is 1.20.